The molecule has 2 fully saturated rings. The van der Waals surface area contributed by atoms with E-state index in [0.717, 1.165) is 12.1 Å². The first-order chi connectivity index (χ1) is 7.54. The Hall–Kier alpha value is -0.120. The lowest BCUT2D eigenvalue weighted by molar-refractivity contribution is 0.113. The zero-order valence-corrected chi connectivity index (χ0v) is 11.3. The van der Waals surface area contributed by atoms with Gasteiger partial charge in [0.15, 0.2) is 0 Å². The first-order valence-corrected chi connectivity index (χ1v) is 6.67. The SMILES string of the molecule is CNC1(C)CCN(C2CC(C)N(C)C2)CC1. The molecular formula is C13H27N3. The number of nitrogens with one attached hydrogen (secondary N) is 1. The lowest BCUT2D eigenvalue weighted by Gasteiger charge is -2.41. The molecule has 3 heteroatoms. The van der Waals surface area contributed by atoms with Crippen LogP contribution in [0.4, 0.5) is 0 Å². The van der Waals surface area contributed by atoms with Crippen LogP contribution < -0.4 is 5.32 Å². The van der Waals surface area contributed by atoms with Crippen molar-refractivity contribution in [1.29, 1.82) is 0 Å². The molecule has 0 aromatic carbocycles. The molecule has 94 valence electrons. The van der Waals surface area contributed by atoms with Crippen LogP contribution >= 0.6 is 0 Å². The molecule has 3 nitrogen and oxygen atoms in total. The summed E-state index contributed by atoms with van der Waals surface area (Å²) < 4.78 is 0. The van der Waals surface area contributed by atoms with Crippen LogP contribution in [0.15, 0.2) is 0 Å². The highest BCUT2D eigenvalue weighted by Crippen LogP contribution is 2.27. The van der Waals surface area contributed by atoms with Crippen LogP contribution in [0.25, 0.3) is 0 Å². The normalized spacial score (nSPS) is 36.8. The largest absolute Gasteiger partial charge is 0.314 e. The average Bonchev–Trinajstić information content (AvgIpc) is 2.60. The fourth-order valence-corrected chi connectivity index (χ4v) is 3.06. The summed E-state index contributed by atoms with van der Waals surface area (Å²) in [5.74, 6) is 0. The number of nitrogens with zero attached hydrogens (tertiary/aromatic N) is 2. The van der Waals surface area contributed by atoms with Gasteiger partial charge in [-0.25, -0.2) is 0 Å². The molecule has 0 amide bonds. The Kier molecular flexibility index (Phi) is 3.57. The highest BCUT2D eigenvalue weighted by atomic mass is 15.3. The first-order valence-electron chi connectivity index (χ1n) is 6.67. The summed E-state index contributed by atoms with van der Waals surface area (Å²) in [6, 6.07) is 1.57. The van der Waals surface area contributed by atoms with Gasteiger partial charge in [-0.2, -0.15) is 0 Å². The van der Waals surface area contributed by atoms with Crippen molar-refractivity contribution in [3.63, 3.8) is 0 Å². The molecule has 0 radical (unpaired) electrons. The minimum Gasteiger partial charge on any atom is -0.314 e. The lowest BCUT2D eigenvalue weighted by Crippen LogP contribution is -2.52. The Labute approximate surface area is 100 Å². The zero-order chi connectivity index (χ0) is 11.8. The molecule has 1 N–H and O–H groups in total. The van der Waals surface area contributed by atoms with Crippen LogP contribution in [0.5, 0.6) is 0 Å². The predicted octanol–water partition coefficient (Wildman–Crippen LogP) is 1.15. The van der Waals surface area contributed by atoms with E-state index in [1.165, 1.54) is 38.9 Å². The summed E-state index contributed by atoms with van der Waals surface area (Å²) in [6.07, 6.45) is 3.93. The van der Waals surface area contributed by atoms with E-state index in [2.05, 4.69) is 43.1 Å². The van der Waals surface area contributed by atoms with Crippen LogP contribution in [0, 0.1) is 0 Å². The van der Waals surface area contributed by atoms with E-state index in [-0.39, 0.29) is 0 Å². The second-order valence-corrected chi connectivity index (χ2v) is 6.02. The smallest absolute Gasteiger partial charge is 0.0237 e. The fourth-order valence-electron chi connectivity index (χ4n) is 3.06. The van der Waals surface area contributed by atoms with Crippen molar-refractivity contribution in [3.05, 3.63) is 0 Å². The van der Waals surface area contributed by atoms with E-state index < -0.39 is 0 Å². The van der Waals surface area contributed by atoms with Crippen LogP contribution in [-0.4, -0.2) is 61.2 Å². The first kappa shape index (κ1) is 12.3. The minimum atomic E-state index is 0.382. The van der Waals surface area contributed by atoms with Gasteiger partial charge in [0.25, 0.3) is 0 Å². The van der Waals surface area contributed by atoms with Crippen molar-refractivity contribution in [2.24, 2.45) is 0 Å². The molecule has 0 saturated carbocycles. The summed E-state index contributed by atoms with van der Waals surface area (Å²) in [5, 5.41) is 3.47. The molecule has 0 aromatic heterocycles. The van der Waals surface area contributed by atoms with Gasteiger partial charge in [0.05, 0.1) is 0 Å². The Morgan fingerprint density at radius 1 is 1.25 bits per heavy atom. The molecule has 16 heavy (non-hydrogen) atoms. The van der Waals surface area contributed by atoms with Gasteiger partial charge in [0.1, 0.15) is 0 Å². The summed E-state index contributed by atoms with van der Waals surface area (Å²) in [7, 11) is 4.35. The molecule has 2 aliphatic rings. The second kappa shape index (κ2) is 4.63. The van der Waals surface area contributed by atoms with Crippen molar-refractivity contribution < 1.29 is 0 Å². The summed E-state index contributed by atoms with van der Waals surface area (Å²) >= 11 is 0. The molecule has 2 aliphatic heterocycles. The topological polar surface area (TPSA) is 18.5 Å². The third-order valence-corrected chi connectivity index (χ3v) is 4.89. The minimum absolute atomic E-state index is 0.382. The maximum atomic E-state index is 3.47. The highest BCUT2D eigenvalue weighted by Gasteiger charge is 2.35. The summed E-state index contributed by atoms with van der Waals surface area (Å²) in [5.41, 5.74) is 0.382. The Morgan fingerprint density at radius 3 is 2.31 bits per heavy atom. The number of likely N-dealkylation sites (N-methyl/N-ethyl adjacent to an activating group) is 1. The second-order valence-electron chi connectivity index (χ2n) is 6.02. The Balaban J connectivity index is 1.86. The van der Waals surface area contributed by atoms with Gasteiger partial charge < -0.3 is 10.2 Å². The quantitative estimate of drug-likeness (QED) is 0.760. The number of rotatable bonds is 2. The van der Waals surface area contributed by atoms with Gasteiger partial charge >= 0.3 is 0 Å². The molecule has 2 rings (SSSR count). The van der Waals surface area contributed by atoms with E-state index in [4.69, 9.17) is 0 Å². The number of likely N-dealkylation sites (tertiary alicyclic amines) is 2. The van der Waals surface area contributed by atoms with E-state index in [1.807, 2.05) is 0 Å². The van der Waals surface area contributed by atoms with Crippen LogP contribution in [0.3, 0.4) is 0 Å². The number of hydrogen-bond acceptors (Lipinski definition) is 3. The molecule has 0 spiro atoms. The maximum absolute atomic E-state index is 3.47. The van der Waals surface area contributed by atoms with Gasteiger partial charge in [-0.1, -0.05) is 0 Å². The molecule has 2 atom stereocenters. The Morgan fingerprint density at radius 2 is 1.88 bits per heavy atom. The van der Waals surface area contributed by atoms with Crippen LogP contribution in [-0.2, 0) is 0 Å². The molecular weight excluding hydrogens is 198 g/mol. The molecule has 2 unspecified atom stereocenters. The van der Waals surface area contributed by atoms with E-state index in [1.54, 1.807) is 0 Å². The van der Waals surface area contributed by atoms with Gasteiger partial charge in [0.2, 0.25) is 0 Å². The summed E-state index contributed by atoms with van der Waals surface area (Å²) in [6.45, 7) is 8.50. The standard InChI is InChI=1S/C13H27N3/c1-11-9-12(10-15(11)4)16-7-5-13(2,14-3)6-8-16/h11-12,14H,5-10H2,1-4H3. The van der Waals surface area contributed by atoms with Crippen molar-refractivity contribution in [2.75, 3.05) is 33.7 Å². The van der Waals surface area contributed by atoms with Crippen molar-refractivity contribution in [2.45, 2.75) is 50.7 Å². The average molecular weight is 225 g/mol. The van der Waals surface area contributed by atoms with Crippen molar-refractivity contribution in [3.8, 4) is 0 Å². The van der Waals surface area contributed by atoms with Crippen LogP contribution in [0.2, 0.25) is 0 Å². The number of hydrogen-bond donors (Lipinski definition) is 1. The van der Waals surface area contributed by atoms with E-state index >= 15 is 0 Å². The summed E-state index contributed by atoms with van der Waals surface area (Å²) in [4.78, 5) is 5.20. The maximum Gasteiger partial charge on any atom is 0.0237 e. The Bertz CT molecular complexity index is 223. The van der Waals surface area contributed by atoms with Crippen LogP contribution in [0.1, 0.15) is 33.1 Å². The van der Waals surface area contributed by atoms with E-state index in [0.29, 0.717) is 5.54 Å². The lowest BCUT2D eigenvalue weighted by atomic mass is 9.89. The third-order valence-electron chi connectivity index (χ3n) is 4.89. The molecule has 2 heterocycles. The van der Waals surface area contributed by atoms with Gasteiger partial charge in [-0.05, 0) is 47.2 Å². The fraction of sp³-hybridized carbons (Fsp3) is 1.00. The van der Waals surface area contributed by atoms with Gasteiger partial charge in [0, 0.05) is 37.3 Å². The third kappa shape index (κ3) is 2.41. The monoisotopic (exact) mass is 225 g/mol. The predicted molar refractivity (Wildman–Crippen MR) is 68.8 cm³/mol. The van der Waals surface area contributed by atoms with Crippen molar-refractivity contribution >= 4 is 0 Å². The molecule has 0 bridgehead atoms. The van der Waals surface area contributed by atoms with Gasteiger partial charge in [-0.15, -0.1) is 0 Å². The van der Waals surface area contributed by atoms with Gasteiger partial charge in [-0.3, -0.25) is 4.90 Å². The molecule has 2 saturated heterocycles. The zero-order valence-electron chi connectivity index (χ0n) is 11.3. The van der Waals surface area contributed by atoms with E-state index in [9.17, 15) is 0 Å². The molecule has 0 aromatic rings. The van der Waals surface area contributed by atoms with Crippen molar-refractivity contribution in [1.82, 2.24) is 15.1 Å². The number of piperidine rings is 1. The highest BCUT2D eigenvalue weighted by molar-refractivity contribution is 4.93. The molecule has 0 aliphatic carbocycles.